The van der Waals surface area contributed by atoms with Crippen LogP contribution in [0.1, 0.15) is 32.6 Å². The summed E-state index contributed by atoms with van der Waals surface area (Å²) in [6, 6.07) is 11.1. The lowest BCUT2D eigenvalue weighted by Crippen LogP contribution is -2.51. The standard InChI is InChI=1S/C22H32N6S.HI/c1-3-23-21(24-17-22(11-12-22)29-20-9-5-4-6-10-20)26-18-8-7-13-28(15-18)19-14-25-27(2)16-19;/h4-6,9-10,14,16,18H,3,7-8,11-13,15,17H2,1-2H3,(H2,23,24,26);1H. The van der Waals surface area contributed by atoms with Crippen LogP contribution in [-0.4, -0.2) is 52.7 Å². The minimum Gasteiger partial charge on any atom is -0.367 e. The van der Waals surface area contributed by atoms with Gasteiger partial charge in [-0.05, 0) is 44.7 Å². The molecular weight excluding hydrogens is 507 g/mol. The number of benzene rings is 1. The number of piperidine rings is 1. The average molecular weight is 541 g/mol. The zero-order valence-electron chi connectivity index (χ0n) is 17.9. The molecule has 2 heterocycles. The Morgan fingerprint density at radius 3 is 2.77 bits per heavy atom. The molecule has 0 spiro atoms. The van der Waals surface area contributed by atoms with Crippen molar-refractivity contribution in [3.05, 3.63) is 42.7 Å². The first-order valence-corrected chi connectivity index (χ1v) is 11.5. The number of nitrogens with zero attached hydrogens (tertiary/aromatic N) is 4. The highest BCUT2D eigenvalue weighted by Gasteiger charge is 2.43. The number of thioether (sulfide) groups is 1. The molecule has 8 heteroatoms. The molecule has 2 N–H and O–H groups in total. The van der Waals surface area contributed by atoms with Crippen LogP contribution in [0.4, 0.5) is 5.69 Å². The van der Waals surface area contributed by atoms with E-state index < -0.39 is 0 Å². The summed E-state index contributed by atoms with van der Waals surface area (Å²) in [6.07, 6.45) is 8.89. The van der Waals surface area contributed by atoms with E-state index >= 15 is 0 Å². The number of guanidine groups is 1. The topological polar surface area (TPSA) is 57.5 Å². The predicted molar refractivity (Wildman–Crippen MR) is 137 cm³/mol. The predicted octanol–water partition coefficient (Wildman–Crippen LogP) is 3.89. The number of nitrogens with one attached hydrogen (secondary N) is 2. The van der Waals surface area contributed by atoms with E-state index in [1.165, 1.54) is 36.3 Å². The second-order valence-corrected chi connectivity index (χ2v) is 9.64. The molecule has 0 amide bonds. The third-order valence-corrected chi connectivity index (χ3v) is 7.05. The van der Waals surface area contributed by atoms with E-state index in [1.807, 2.05) is 29.7 Å². The monoisotopic (exact) mass is 540 g/mol. The number of rotatable bonds is 7. The summed E-state index contributed by atoms with van der Waals surface area (Å²) in [5, 5.41) is 11.5. The second kappa shape index (κ2) is 10.7. The number of aromatic nitrogens is 2. The SMILES string of the molecule is CCNC(=NCC1(Sc2ccccc2)CC1)NC1CCCN(c2cnn(C)c2)C1.I. The molecule has 1 unspecified atom stereocenters. The van der Waals surface area contributed by atoms with Crippen molar-refractivity contribution in [1.82, 2.24) is 20.4 Å². The Morgan fingerprint density at radius 2 is 2.10 bits per heavy atom. The summed E-state index contributed by atoms with van der Waals surface area (Å²) in [5.41, 5.74) is 1.21. The minimum atomic E-state index is 0. The maximum atomic E-state index is 4.98. The van der Waals surface area contributed by atoms with Gasteiger partial charge in [0.15, 0.2) is 5.96 Å². The molecule has 1 aliphatic heterocycles. The van der Waals surface area contributed by atoms with Gasteiger partial charge >= 0.3 is 0 Å². The Hall–Kier alpha value is -1.42. The molecule has 1 aromatic carbocycles. The van der Waals surface area contributed by atoms with Crippen LogP contribution in [0, 0.1) is 0 Å². The van der Waals surface area contributed by atoms with Crippen LogP contribution in [0.5, 0.6) is 0 Å². The summed E-state index contributed by atoms with van der Waals surface area (Å²) in [7, 11) is 1.97. The van der Waals surface area contributed by atoms with Crippen molar-refractivity contribution < 1.29 is 0 Å². The smallest absolute Gasteiger partial charge is 0.191 e. The van der Waals surface area contributed by atoms with Gasteiger partial charge in [0.25, 0.3) is 0 Å². The van der Waals surface area contributed by atoms with Crippen molar-refractivity contribution in [1.29, 1.82) is 0 Å². The molecule has 1 atom stereocenters. The Kier molecular flexibility index (Phi) is 8.33. The lowest BCUT2D eigenvalue weighted by atomic mass is 10.1. The summed E-state index contributed by atoms with van der Waals surface area (Å²) in [4.78, 5) is 8.75. The van der Waals surface area contributed by atoms with Crippen molar-refractivity contribution in [3.8, 4) is 0 Å². The van der Waals surface area contributed by atoms with Gasteiger partial charge in [-0.3, -0.25) is 9.67 Å². The highest BCUT2D eigenvalue weighted by molar-refractivity contribution is 14.0. The van der Waals surface area contributed by atoms with Crippen LogP contribution >= 0.6 is 35.7 Å². The van der Waals surface area contributed by atoms with Crippen LogP contribution in [-0.2, 0) is 7.05 Å². The Balaban J connectivity index is 0.00000256. The van der Waals surface area contributed by atoms with E-state index in [2.05, 4.69) is 64.1 Å². The molecule has 1 saturated carbocycles. The molecule has 2 fully saturated rings. The molecule has 1 aliphatic carbocycles. The first kappa shape index (κ1) is 23.2. The molecule has 1 saturated heterocycles. The van der Waals surface area contributed by atoms with E-state index in [4.69, 9.17) is 4.99 Å². The molecule has 164 valence electrons. The van der Waals surface area contributed by atoms with Gasteiger partial charge in [-0.1, -0.05) is 18.2 Å². The van der Waals surface area contributed by atoms with Crippen molar-refractivity contribution in [2.24, 2.45) is 12.0 Å². The highest BCUT2D eigenvalue weighted by Crippen LogP contribution is 2.51. The number of hydrogen-bond donors (Lipinski definition) is 2. The summed E-state index contributed by atoms with van der Waals surface area (Å²) < 4.78 is 2.15. The van der Waals surface area contributed by atoms with Gasteiger partial charge in [0, 0.05) is 48.6 Å². The lowest BCUT2D eigenvalue weighted by molar-refractivity contribution is 0.468. The fourth-order valence-electron chi connectivity index (χ4n) is 3.81. The van der Waals surface area contributed by atoms with Crippen LogP contribution in [0.15, 0.2) is 52.6 Å². The highest BCUT2D eigenvalue weighted by atomic mass is 127. The Morgan fingerprint density at radius 1 is 1.30 bits per heavy atom. The normalized spacial score (nSPS) is 20.4. The number of anilines is 1. The van der Waals surface area contributed by atoms with E-state index in [9.17, 15) is 0 Å². The van der Waals surface area contributed by atoms with Crippen molar-refractivity contribution >= 4 is 47.4 Å². The molecule has 2 aromatic rings. The van der Waals surface area contributed by atoms with Crippen molar-refractivity contribution in [2.75, 3.05) is 31.1 Å². The second-order valence-electron chi connectivity index (χ2n) is 8.10. The van der Waals surface area contributed by atoms with Crippen LogP contribution in [0.25, 0.3) is 0 Å². The first-order chi connectivity index (χ1) is 14.2. The molecule has 2 aliphatic rings. The van der Waals surface area contributed by atoms with Crippen molar-refractivity contribution in [3.63, 3.8) is 0 Å². The number of aryl methyl sites for hydroxylation is 1. The zero-order chi connectivity index (χ0) is 20.1. The number of hydrogen-bond acceptors (Lipinski definition) is 4. The fraction of sp³-hybridized carbons (Fsp3) is 0.545. The van der Waals surface area contributed by atoms with Gasteiger partial charge in [0.2, 0.25) is 0 Å². The largest absolute Gasteiger partial charge is 0.367 e. The summed E-state index contributed by atoms with van der Waals surface area (Å²) in [5.74, 6) is 0.950. The van der Waals surface area contributed by atoms with Crippen LogP contribution < -0.4 is 15.5 Å². The van der Waals surface area contributed by atoms with E-state index in [0.717, 1.165) is 32.1 Å². The van der Waals surface area contributed by atoms with Crippen LogP contribution in [0.3, 0.4) is 0 Å². The summed E-state index contributed by atoms with van der Waals surface area (Å²) >= 11 is 1.98. The molecule has 0 bridgehead atoms. The average Bonchev–Trinajstić information content (AvgIpc) is 3.36. The molecule has 6 nitrogen and oxygen atoms in total. The van der Waals surface area contributed by atoms with Gasteiger partial charge in [0.1, 0.15) is 0 Å². The van der Waals surface area contributed by atoms with E-state index in [0.29, 0.717) is 6.04 Å². The molecule has 0 radical (unpaired) electrons. The van der Waals surface area contributed by atoms with Gasteiger partial charge in [-0.2, -0.15) is 5.10 Å². The summed E-state index contributed by atoms with van der Waals surface area (Å²) in [6.45, 7) is 5.95. The maximum absolute atomic E-state index is 4.98. The zero-order valence-corrected chi connectivity index (χ0v) is 21.0. The van der Waals surface area contributed by atoms with Crippen LogP contribution in [0.2, 0.25) is 0 Å². The Labute approximate surface area is 201 Å². The quantitative estimate of drug-likeness (QED) is 0.317. The molecular formula is C22H33IN6S. The third kappa shape index (κ3) is 6.29. The van der Waals surface area contributed by atoms with Gasteiger partial charge < -0.3 is 15.5 Å². The maximum Gasteiger partial charge on any atom is 0.191 e. The van der Waals surface area contributed by atoms with E-state index in [-0.39, 0.29) is 28.7 Å². The first-order valence-electron chi connectivity index (χ1n) is 10.7. The van der Waals surface area contributed by atoms with Gasteiger partial charge in [-0.25, -0.2) is 0 Å². The van der Waals surface area contributed by atoms with E-state index in [1.54, 1.807) is 0 Å². The number of halogens is 1. The molecule has 4 rings (SSSR count). The van der Waals surface area contributed by atoms with Gasteiger partial charge in [-0.15, -0.1) is 35.7 Å². The molecule has 30 heavy (non-hydrogen) atoms. The number of aliphatic imine (C=N–C) groups is 1. The fourth-order valence-corrected chi connectivity index (χ4v) is 5.04. The Bertz CT molecular complexity index is 820. The lowest BCUT2D eigenvalue weighted by Gasteiger charge is -2.34. The van der Waals surface area contributed by atoms with Crippen molar-refractivity contribution in [2.45, 2.75) is 48.3 Å². The van der Waals surface area contributed by atoms with Gasteiger partial charge in [0.05, 0.1) is 18.4 Å². The molecule has 1 aromatic heterocycles. The third-order valence-electron chi connectivity index (χ3n) is 5.57. The minimum absolute atomic E-state index is 0.